The van der Waals surface area contributed by atoms with Crippen molar-refractivity contribution in [3.63, 3.8) is 0 Å². The number of hydrogen-bond acceptors (Lipinski definition) is 4. The van der Waals surface area contributed by atoms with Crippen LogP contribution in [0, 0.1) is 0 Å². The van der Waals surface area contributed by atoms with Gasteiger partial charge in [0, 0.05) is 31.4 Å². The Morgan fingerprint density at radius 1 is 1.19 bits per heavy atom. The molecular weight excluding hydrogens is 204 g/mol. The van der Waals surface area contributed by atoms with Gasteiger partial charge in [-0.2, -0.15) is 0 Å². The fourth-order valence-corrected chi connectivity index (χ4v) is 1.65. The monoisotopic (exact) mass is 224 g/mol. The molecule has 0 saturated carbocycles. The van der Waals surface area contributed by atoms with Crippen LogP contribution >= 0.6 is 0 Å². The van der Waals surface area contributed by atoms with Crippen LogP contribution in [0.2, 0.25) is 0 Å². The van der Waals surface area contributed by atoms with E-state index in [4.69, 9.17) is 15.2 Å². The van der Waals surface area contributed by atoms with Crippen LogP contribution in [0.3, 0.4) is 0 Å². The second-order valence-electron chi connectivity index (χ2n) is 3.41. The van der Waals surface area contributed by atoms with Crippen LogP contribution in [0.25, 0.3) is 0 Å². The fourth-order valence-electron chi connectivity index (χ4n) is 1.65. The SMILES string of the molecule is CCN(CCN)c1ccc(OC)c(OC)c1. The maximum absolute atomic E-state index is 5.57. The zero-order valence-corrected chi connectivity index (χ0v) is 10.2. The molecular formula is C12H20N2O2. The molecule has 16 heavy (non-hydrogen) atoms. The predicted octanol–water partition coefficient (Wildman–Crippen LogP) is 1.49. The molecule has 0 amide bonds. The number of methoxy groups -OCH3 is 2. The minimum Gasteiger partial charge on any atom is -0.493 e. The number of nitrogens with two attached hydrogens (primary N) is 1. The van der Waals surface area contributed by atoms with Crippen LogP contribution in [-0.4, -0.2) is 33.9 Å². The molecule has 0 spiro atoms. The summed E-state index contributed by atoms with van der Waals surface area (Å²) in [6.07, 6.45) is 0. The lowest BCUT2D eigenvalue weighted by molar-refractivity contribution is 0.355. The molecule has 0 bridgehead atoms. The number of ether oxygens (including phenoxy) is 2. The van der Waals surface area contributed by atoms with Crippen molar-refractivity contribution < 1.29 is 9.47 Å². The quantitative estimate of drug-likeness (QED) is 0.795. The van der Waals surface area contributed by atoms with E-state index in [0.717, 1.165) is 30.3 Å². The molecule has 0 saturated heterocycles. The topological polar surface area (TPSA) is 47.7 Å². The Morgan fingerprint density at radius 3 is 2.38 bits per heavy atom. The highest BCUT2D eigenvalue weighted by atomic mass is 16.5. The van der Waals surface area contributed by atoms with Crippen LogP contribution in [0.15, 0.2) is 18.2 Å². The molecule has 0 aromatic heterocycles. The third-order valence-electron chi connectivity index (χ3n) is 2.51. The summed E-state index contributed by atoms with van der Waals surface area (Å²) in [5.41, 5.74) is 6.67. The second-order valence-corrected chi connectivity index (χ2v) is 3.41. The van der Waals surface area contributed by atoms with Crippen molar-refractivity contribution in [2.75, 3.05) is 38.8 Å². The van der Waals surface area contributed by atoms with E-state index in [1.54, 1.807) is 14.2 Å². The van der Waals surface area contributed by atoms with E-state index in [0.29, 0.717) is 6.54 Å². The molecule has 1 aromatic rings. The van der Waals surface area contributed by atoms with Crippen LogP contribution in [-0.2, 0) is 0 Å². The summed E-state index contributed by atoms with van der Waals surface area (Å²) in [4.78, 5) is 2.20. The first kappa shape index (κ1) is 12.6. The Bertz CT molecular complexity index is 329. The van der Waals surface area contributed by atoms with Gasteiger partial charge in [-0.15, -0.1) is 0 Å². The normalized spacial score (nSPS) is 10.0. The molecule has 4 heteroatoms. The maximum Gasteiger partial charge on any atom is 0.162 e. The highest BCUT2D eigenvalue weighted by Crippen LogP contribution is 2.31. The van der Waals surface area contributed by atoms with Gasteiger partial charge < -0.3 is 20.1 Å². The van der Waals surface area contributed by atoms with Crippen molar-refractivity contribution in [2.24, 2.45) is 5.73 Å². The third-order valence-corrected chi connectivity index (χ3v) is 2.51. The van der Waals surface area contributed by atoms with Gasteiger partial charge in [-0.25, -0.2) is 0 Å². The largest absolute Gasteiger partial charge is 0.493 e. The lowest BCUT2D eigenvalue weighted by atomic mass is 10.2. The van der Waals surface area contributed by atoms with Gasteiger partial charge in [0.25, 0.3) is 0 Å². The lowest BCUT2D eigenvalue weighted by Gasteiger charge is -2.23. The zero-order chi connectivity index (χ0) is 12.0. The average Bonchev–Trinajstić information content (AvgIpc) is 2.35. The van der Waals surface area contributed by atoms with Crippen molar-refractivity contribution in [1.82, 2.24) is 0 Å². The average molecular weight is 224 g/mol. The molecule has 1 rings (SSSR count). The number of nitrogens with zero attached hydrogens (tertiary/aromatic N) is 1. The van der Waals surface area contributed by atoms with Gasteiger partial charge >= 0.3 is 0 Å². The number of rotatable bonds is 6. The van der Waals surface area contributed by atoms with Gasteiger partial charge in [-0.3, -0.25) is 0 Å². The van der Waals surface area contributed by atoms with Crippen molar-refractivity contribution >= 4 is 5.69 Å². The Balaban J connectivity index is 2.96. The summed E-state index contributed by atoms with van der Waals surface area (Å²) in [7, 11) is 3.27. The summed E-state index contributed by atoms with van der Waals surface area (Å²) >= 11 is 0. The highest BCUT2D eigenvalue weighted by molar-refractivity contribution is 5.56. The van der Waals surface area contributed by atoms with Gasteiger partial charge in [0.1, 0.15) is 0 Å². The van der Waals surface area contributed by atoms with E-state index in [2.05, 4.69) is 11.8 Å². The summed E-state index contributed by atoms with van der Waals surface area (Å²) in [6.45, 7) is 4.51. The lowest BCUT2D eigenvalue weighted by Crippen LogP contribution is -2.28. The smallest absolute Gasteiger partial charge is 0.162 e. The summed E-state index contributed by atoms with van der Waals surface area (Å²) < 4.78 is 10.5. The second kappa shape index (κ2) is 6.23. The van der Waals surface area contributed by atoms with E-state index < -0.39 is 0 Å². The number of hydrogen-bond donors (Lipinski definition) is 1. The predicted molar refractivity (Wildman–Crippen MR) is 66.5 cm³/mol. The number of likely N-dealkylation sites (N-methyl/N-ethyl adjacent to an activating group) is 1. The van der Waals surface area contributed by atoms with Crippen molar-refractivity contribution in [3.05, 3.63) is 18.2 Å². The highest BCUT2D eigenvalue weighted by Gasteiger charge is 2.08. The van der Waals surface area contributed by atoms with E-state index in [1.165, 1.54) is 0 Å². The molecule has 4 nitrogen and oxygen atoms in total. The van der Waals surface area contributed by atoms with Gasteiger partial charge in [-0.1, -0.05) is 0 Å². The first-order valence-corrected chi connectivity index (χ1v) is 5.43. The first-order valence-electron chi connectivity index (χ1n) is 5.43. The van der Waals surface area contributed by atoms with Crippen molar-refractivity contribution in [3.8, 4) is 11.5 Å². The maximum atomic E-state index is 5.57. The summed E-state index contributed by atoms with van der Waals surface area (Å²) in [5.74, 6) is 1.49. The van der Waals surface area contributed by atoms with E-state index in [9.17, 15) is 0 Å². The Labute approximate surface area is 96.9 Å². The zero-order valence-electron chi connectivity index (χ0n) is 10.2. The molecule has 2 N–H and O–H groups in total. The Morgan fingerprint density at radius 2 is 1.88 bits per heavy atom. The van der Waals surface area contributed by atoms with Gasteiger partial charge in [0.15, 0.2) is 11.5 Å². The Kier molecular flexibility index (Phi) is 4.92. The third kappa shape index (κ3) is 2.79. The minimum atomic E-state index is 0.641. The molecule has 1 aromatic carbocycles. The van der Waals surface area contributed by atoms with Crippen LogP contribution in [0.1, 0.15) is 6.92 Å². The van der Waals surface area contributed by atoms with Gasteiger partial charge in [0.05, 0.1) is 14.2 Å². The number of anilines is 1. The summed E-state index contributed by atoms with van der Waals surface area (Å²) in [5, 5.41) is 0. The fraction of sp³-hybridized carbons (Fsp3) is 0.500. The molecule has 0 heterocycles. The summed E-state index contributed by atoms with van der Waals surface area (Å²) in [6, 6.07) is 5.89. The molecule has 90 valence electrons. The Hall–Kier alpha value is -1.42. The van der Waals surface area contributed by atoms with Crippen LogP contribution < -0.4 is 20.1 Å². The molecule has 0 radical (unpaired) electrons. The molecule has 0 aliphatic heterocycles. The van der Waals surface area contributed by atoms with Crippen molar-refractivity contribution in [2.45, 2.75) is 6.92 Å². The molecule has 0 aliphatic rings. The molecule has 0 atom stereocenters. The van der Waals surface area contributed by atoms with E-state index >= 15 is 0 Å². The standard InChI is InChI=1S/C12H20N2O2/c1-4-14(8-7-13)10-5-6-11(15-2)12(9-10)16-3/h5-6,9H,4,7-8,13H2,1-3H3. The molecule has 0 unspecified atom stereocenters. The molecule has 0 fully saturated rings. The van der Waals surface area contributed by atoms with Crippen LogP contribution in [0.4, 0.5) is 5.69 Å². The van der Waals surface area contributed by atoms with Crippen LogP contribution in [0.5, 0.6) is 11.5 Å². The van der Waals surface area contributed by atoms with Gasteiger partial charge in [-0.05, 0) is 19.1 Å². The minimum absolute atomic E-state index is 0.641. The van der Waals surface area contributed by atoms with Gasteiger partial charge in [0.2, 0.25) is 0 Å². The number of benzene rings is 1. The van der Waals surface area contributed by atoms with Crippen molar-refractivity contribution in [1.29, 1.82) is 0 Å². The van der Waals surface area contributed by atoms with E-state index in [-0.39, 0.29) is 0 Å². The molecule has 0 aliphatic carbocycles. The van der Waals surface area contributed by atoms with E-state index in [1.807, 2.05) is 18.2 Å². The first-order chi connectivity index (χ1) is 7.76.